The van der Waals surface area contributed by atoms with Gasteiger partial charge in [0.05, 0.1) is 22.2 Å². The summed E-state index contributed by atoms with van der Waals surface area (Å²) in [6.07, 6.45) is 3.84. The third-order valence-corrected chi connectivity index (χ3v) is 6.08. The number of aromatic nitrogens is 2. The van der Waals surface area contributed by atoms with Crippen LogP contribution >= 0.6 is 0 Å². The van der Waals surface area contributed by atoms with Crippen LogP contribution in [0.5, 0.6) is 0 Å². The number of benzene rings is 3. The second-order valence-corrected chi connectivity index (χ2v) is 8.16. The van der Waals surface area contributed by atoms with Crippen molar-refractivity contribution in [3.8, 4) is 11.4 Å². The van der Waals surface area contributed by atoms with E-state index in [0.29, 0.717) is 17.7 Å². The van der Waals surface area contributed by atoms with Crippen molar-refractivity contribution in [2.75, 3.05) is 6.54 Å². The Hall–Kier alpha value is -3.73. The molecule has 0 bridgehead atoms. The lowest BCUT2D eigenvalue weighted by Crippen LogP contribution is -2.30. The van der Waals surface area contributed by atoms with Gasteiger partial charge < -0.3 is 4.57 Å². The molecule has 160 valence electrons. The predicted octanol–water partition coefficient (Wildman–Crippen LogP) is 5.56. The number of carbonyl (C=O) groups is 2. The summed E-state index contributed by atoms with van der Waals surface area (Å²) in [7, 11) is 0. The van der Waals surface area contributed by atoms with E-state index in [1.807, 2.05) is 24.3 Å². The van der Waals surface area contributed by atoms with Crippen molar-refractivity contribution in [1.82, 2.24) is 14.5 Å². The molecule has 0 radical (unpaired) electrons. The first-order valence-electron chi connectivity index (χ1n) is 11.2. The molecule has 32 heavy (non-hydrogen) atoms. The number of unbranched alkanes of at least 4 members (excludes halogenated alkanes) is 3. The second kappa shape index (κ2) is 8.79. The molecule has 0 saturated heterocycles. The maximum absolute atomic E-state index is 12.5. The third kappa shape index (κ3) is 3.71. The largest absolute Gasteiger partial charge is 0.324 e. The highest BCUT2D eigenvalue weighted by Crippen LogP contribution is 2.26. The Morgan fingerprint density at radius 1 is 0.625 bits per heavy atom. The van der Waals surface area contributed by atoms with Crippen molar-refractivity contribution in [1.29, 1.82) is 0 Å². The fourth-order valence-corrected chi connectivity index (χ4v) is 4.45. The van der Waals surface area contributed by atoms with E-state index in [2.05, 4.69) is 34.9 Å². The van der Waals surface area contributed by atoms with Crippen molar-refractivity contribution in [3.05, 3.63) is 90.0 Å². The molecule has 5 heteroatoms. The highest BCUT2D eigenvalue weighted by Gasteiger charge is 2.34. The molecule has 0 atom stereocenters. The van der Waals surface area contributed by atoms with Gasteiger partial charge in [-0.05, 0) is 37.1 Å². The number of imide groups is 1. The fourth-order valence-electron chi connectivity index (χ4n) is 4.45. The average molecular weight is 424 g/mol. The number of hydrogen-bond donors (Lipinski definition) is 0. The molecule has 5 nitrogen and oxygen atoms in total. The van der Waals surface area contributed by atoms with Crippen LogP contribution in [0.3, 0.4) is 0 Å². The lowest BCUT2D eigenvalue weighted by molar-refractivity contribution is 0.0651. The molecule has 4 aromatic rings. The van der Waals surface area contributed by atoms with Crippen LogP contribution in [0.15, 0.2) is 78.9 Å². The number of hydrogen-bond acceptors (Lipinski definition) is 3. The molecular formula is C27H25N3O2. The van der Waals surface area contributed by atoms with Gasteiger partial charge in [0.15, 0.2) is 0 Å². The van der Waals surface area contributed by atoms with E-state index in [4.69, 9.17) is 4.98 Å². The van der Waals surface area contributed by atoms with E-state index >= 15 is 0 Å². The van der Waals surface area contributed by atoms with Crippen molar-refractivity contribution in [2.24, 2.45) is 0 Å². The van der Waals surface area contributed by atoms with Crippen molar-refractivity contribution >= 4 is 22.8 Å². The molecule has 1 aromatic heterocycles. The first kappa shape index (κ1) is 20.2. The minimum atomic E-state index is -0.164. The third-order valence-electron chi connectivity index (χ3n) is 6.08. The topological polar surface area (TPSA) is 55.2 Å². The van der Waals surface area contributed by atoms with Crippen LogP contribution in [-0.2, 0) is 6.54 Å². The van der Waals surface area contributed by atoms with Crippen LogP contribution in [0.4, 0.5) is 0 Å². The number of carbonyl (C=O) groups excluding carboxylic acids is 2. The summed E-state index contributed by atoms with van der Waals surface area (Å²) in [5.74, 6) is 0.670. The molecule has 0 saturated carbocycles. The smallest absolute Gasteiger partial charge is 0.261 e. The molecule has 5 rings (SSSR count). The summed E-state index contributed by atoms with van der Waals surface area (Å²) in [6.45, 7) is 1.37. The van der Waals surface area contributed by atoms with Crippen LogP contribution in [0.1, 0.15) is 46.4 Å². The van der Waals surface area contributed by atoms with Gasteiger partial charge in [-0.2, -0.15) is 0 Å². The lowest BCUT2D eigenvalue weighted by atomic mass is 10.1. The van der Waals surface area contributed by atoms with E-state index in [1.54, 1.807) is 24.3 Å². The van der Waals surface area contributed by atoms with Gasteiger partial charge in [0.25, 0.3) is 11.8 Å². The fraction of sp³-hybridized carbons (Fsp3) is 0.222. The van der Waals surface area contributed by atoms with Gasteiger partial charge >= 0.3 is 0 Å². The Labute approximate surface area is 187 Å². The number of aryl methyl sites for hydroxylation is 1. The summed E-state index contributed by atoms with van der Waals surface area (Å²) in [4.78, 5) is 31.2. The van der Waals surface area contributed by atoms with Gasteiger partial charge in [-0.25, -0.2) is 4.98 Å². The zero-order chi connectivity index (χ0) is 21.9. The first-order chi connectivity index (χ1) is 15.7. The standard InChI is InChI=1S/C27H25N3O2/c31-26-21-14-6-7-15-22(21)27(32)30(26)19-11-2-1-10-18-29-24-17-9-8-16-23(24)28-25(29)20-12-4-3-5-13-20/h3-9,12-17H,1-2,10-11,18-19H2. The lowest BCUT2D eigenvalue weighted by Gasteiger charge is -2.13. The summed E-state index contributed by atoms with van der Waals surface area (Å²) in [5.41, 5.74) is 4.33. The van der Waals surface area contributed by atoms with Gasteiger partial charge in [-0.1, -0.05) is 67.4 Å². The Kier molecular flexibility index (Phi) is 5.55. The molecule has 3 aromatic carbocycles. The Morgan fingerprint density at radius 3 is 1.94 bits per heavy atom. The normalized spacial score (nSPS) is 13.2. The van der Waals surface area contributed by atoms with Crippen LogP contribution in [0.25, 0.3) is 22.4 Å². The Balaban J connectivity index is 1.18. The molecule has 0 unspecified atom stereocenters. The highest BCUT2D eigenvalue weighted by molar-refractivity contribution is 6.21. The Morgan fingerprint density at radius 2 is 1.22 bits per heavy atom. The number of para-hydroxylation sites is 2. The molecule has 0 spiro atoms. The molecule has 0 fully saturated rings. The summed E-state index contributed by atoms with van der Waals surface area (Å²) in [6, 6.07) is 25.6. The van der Waals surface area contributed by atoms with Crippen LogP contribution in [-0.4, -0.2) is 32.8 Å². The monoisotopic (exact) mass is 423 g/mol. The number of amides is 2. The average Bonchev–Trinajstić information content (AvgIpc) is 3.32. The minimum absolute atomic E-state index is 0.164. The summed E-state index contributed by atoms with van der Waals surface area (Å²) >= 11 is 0. The summed E-state index contributed by atoms with van der Waals surface area (Å²) in [5, 5.41) is 0. The van der Waals surface area contributed by atoms with Crippen LogP contribution in [0, 0.1) is 0 Å². The summed E-state index contributed by atoms with van der Waals surface area (Å²) < 4.78 is 2.30. The Bertz CT molecular complexity index is 1240. The minimum Gasteiger partial charge on any atom is -0.324 e. The first-order valence-corrected chi connectivity index (χ1v) is 11.2. The molecule has 1 aliphatic heterocycles. The number of imidazole rings is 1. The molecule has 0 aliphatic carbocycles. The number of nitrogens with zero attached hydrogens (tertiary/aromatic N) is 3. The van der Waals surface area contributed by atoms with E-state index in [1.165, 1.54) is 4.90 Å². The molecule has 2 heterocycles. The van der Waals surface area contributed by atoms with Gasteiger partial charge in [-0.15, -0.1) is 0 Å². The van der Waals surface area contributed by atoms with Crippen LogP contribution in [0.2, 0.25) is 0 Å². The maximum Gasteiger partial charge on any atom is 0.261 e. The number of rotatable bonds is 8. The SMILES string of the molecule is O=C1c2ccccc2C(=O)N1CCCCCCn1c(-c2ccccc2)nc2ccccc21. The van der Waals surface area contributed by atoms with Gasteiger partial charge in [0.1, 0.15) is 5.82 Å². The van der Waals surface area contributed by atoms with Crippen molar-refractivity contribution in [3.63, 3.8) is 0 Å². The molecule has 0 N–H and O–H groups in total. The second-order valence-electron chi connectivity index (χ2n) is 8.16. The predicted molar refractivity (Wildman–Crippen MR) is 125 cm³/mol. The van der Waals surface area contributed by atoms with Gasteiger partial charge in [0, 0.05) is 18.7 Å². The van der Waals surface area contributed by atoms with Gasteiger partial charge in [0.2, 0.25) is 0 Å². The zero-order valence-electron chi connectivity index (χ0n) is 17.9. The van der Waals surface area contributed by atoms with Gasteiger partial charge in [-0.3, -0.25) is 14.5 Å². The van der Waals surface area contributed by atoms with E-state index < -0.39 is 0 Å². The zero-order valence-corrected chi connectivity index (χ0v) is 17.9. The molecular weight excluding hydrogens is 398 g/mol. The van der Waals surface area contributed by atoms with Crippen molar-refractivity contribution < 1.29 is 9.59 Å². The quantitative estimate of drug-likeness (QED) is 0.275. The van der Waals surface area contributed by atoms with E-state index in [0.717, 1.165) is 54.6 Å². The maximum atomic E-state index is 12.5. The molecule has 2 amide bonds. The van der Waals surface area contributed by atoms with Crippen LogP contribution < -0.4 is 0 Å². The number of fused-ring (bicyclic) bond motifs is 2. The highest BCUT2D eigenvalue weighted by atomic mass is 16.2. The van der Waals surface area contributed by atoms with E-state index in [9.17, 15) is 9.59 Å². The molecule has 1 aliphatic rings. The van der Waals surface area contributed by atoms with Crippen molar-refractivity contribution in [2.45, 2.75) is 32.2 Å². The van der Waals surface area contributed by atoms with E-state index in [-0.39, 0.29) is 11.8 Å².